The van der Waals surface area contributed by atoms with E-state index >= 15 is 0 Å². The summed E-state index contributed by atoms with van der Waals surface area (Å²) in [5.41, 5.74) is 3.93. The average Bonchev–Trinajstić information content (AvgIpc) is 2.58. The van der Waals surface area contributed by atoms with Crippen molar-refractivity contribution < 1.29 is 18.8 Å². The van der Waals surface area contributed by atoms with Crippen LogP contribution in [0.2, 0.25) is 5.02 Å². The normalized spacial score (nSPS) is 9.92. The molecule has 1 aromatic carbocycles. The Morgan fingerprint density at radius 2 is 1.83 bits per heavy atom. The number of pyridine rings is 1. The topological polar surface area (TPSA) is 100 Å². The third-order valence-corrected chi connectivity index (χ3v) is 3.03. The van der Waals surface area contributed by atoms with Crippen LogP contribution in [0.15, 0.2) is 42.6 Å². The van der Waals surface area contributed by atoms with Gasteiger partial charge in [-0.1, -0.05) is 23.7 Å². The van der Waals surface area contributed by atoms with Crippen molar-refractivity contribution >= 4 is 29.3 Å². The zero-order valence-corrected chi connectivity index (χ0v) is 12.9. The van der Waals surface area contributed by atoms with Crippen molar-refractivity contribution in [2.24, 2.45) is 0 Å². The van der Waals surface area contributed by atoms with E-state index in [1.807, 2.05) is 5.43 Å². The maximum atomic E-state index is 13.4. The molecule has 3 amide bonds. The van der Waals surface area contributed by atoms with Crippen LogP contribution in [0.3, 0.4) is 0 Å². The fourth-order valence-electron chi connectivity index (χ4n) is 1.66. The second-order valence-corrected chi connectivity index (χ2v) is 4.96. The number of rotatable bonds is 4. The van der Waals surface area contributed by atoms with E-state index < -0.39 is 30.1 Å². The van der Waals surface area contributed by atoms with Gasteiger partial charge >= 0.3 is 0 Å². The Bertz CT molecular complexity index is 785. The van der Waals surface area contributed by atoms with Gasteiger partial charge in [0.1, 0.15) is 11.5 Å². The first-order chi connectivity index (χ1) is 11.5. The van der Waals surface area contributed by atoms with E-state index in [0.29, 0.717) is 5.02 Å². The Balaban J connectivity index is 1.80. The van der Waals surface area contributed by atoms with Crippen molar-refractivity contribution in [3.8, 4) is 0 Å². The lowest BCUT2D eigenvalue weighted by Gasteiger charge is -2.08. The summed E-state index contributed by atoms with van der Waals surface area (Å²) >= 11 is 5.73. The molecule has 2 aromatic rings. The molecule has 7 nitrogen and oxygen atoms in total. The lowest BCUT2D eigenvalue weighted by atomic mass is 10.2. The summed E-state index contributed by atoms with van der Waals surface area (Å²) in [6.45, 7) is -0.412. The molecule has 1 heterocycles. The highest BCUT2D eigenvalue weighted by Crippen LogP contribution is 2.07. The van der Waals surface area contributed by atoms with Gasteiger partial charge in [0.05, 0.1) is 12.1 Å². The Labute approximate surface area is 141 Å². The van der Waals surface area contributed by atoms with Crippen LogP contribution < -0.4 is 16.2 Å². The molecule has 24 heavy (non-hydrogen) atoms. The molecule has 9 heteroatoms. The van der Waals surface area contributed by atoms with Gasteiger partial charge < -0.3 is 5.32 Å². The first-order valence-electron chi connectivity index (χ1n) is 6.71. The molecule has 0 spiro atoms. The van der Waals surface area contributed by atoms with E-state index in [4.69, 9.17) is 11.6 Å². The SMILES string of the molecule is O=C(CNC(=O)c1cc(Cl)ccn1)NNC(=O)c1ccccc1F. The first kappa shape index (κ1) is 17.4. The van der Waals surface area contributed by atoms with Crippen LogP contribution in [-0.2, 0) is 4.79 Å². The number of amides is 3. The number of aromatic nitrogens is 1. The van der Waals surface area contributed by atoms with Gasteiger partial charge in [-0.25, -0.2) is 4.39 Å². The summed E-state index contributed by atoms with van der Waals surface area (Å²) in [6, 6.07) is 8.15. The van der Waals surface area contributed by atoms with E-state index in [1.54, 1.807) is 0 Å². The molecule has 0 bridgehead atoms. The van der Waals surface area contributed by atoms with E-state index in [9.17, 15) is 18.8 Å². The lowest BCUT2D eigenvalue weighted by Crippen LogP contribution is -2.46. The van der Waals surface area contributed by atoms with Gasteiger partial charge in [0.15, 0.2) is 0 Å². The van der Waals surface area contributed by atoms with Crippen molar-refractivity contribution in [3.05, 3.63) is 64.7 Å². The minimum Gasteiger partial charge on any atom is -0.342 e. The smallest absolute Gasteiger partial charge is 0.272 e. The van der Waals surface area contributed by atoms with Crippen molar-refractivity contribution in [3.63, 3.8) is 0 Å². The minimum absolute atomic E-state index is 0.0469. The highest BCUT2D eigenvalue weighted by molar-refractivity contribution is 6.30. The lowest BCUT2D eigenvalue weighted by molar-refractivity contribution is -0.120. The molecular formula is C15H12ClFN4O3. The van der Waals surface area contributed by atoms with Gasteiger partial charge in [0.25, 0.3) is 17.7 Å². The number of nitrogens with zero attached hydrogens (tertiary/aromatic N) is 1. The highest BCUT2D eigenvalue weighted by atomic mass is 35.5. The van der Waals surface area contributed by atoms with Crippen LogP contribution in [0.5, 0.6) is 0 Å². The zero-order valence-electron chi connectivity index (χ0n) is 12.2. The molecule has 2 rings (SSSR count). The molecule has 0 radical (unpaired) electrons. The Hall–Kier alpha value is -3.00. The molecular weight excluding hydrogens is 339 g/mol. The molecule has 0 unspecified atom stereocenters. The predicted octanol–water partition coefficient (Wildman–Crippen LogP) is 1.07. The predicted molar refractivity (Wildman–Crippen MR) is 83.6 cm³/mol. The molecule has 3 N–H and O–H groups in total. The monoisotopic (exact) mass is 350 g/mol. The third-order valence-electron chi connectivity index (χ3n) is 2.80. The maximum absolute atomic E-state index is 13.4. The van der Waals surface area contributed by atoms with E-state index in [2.05, 4.69) is 15.7 Å². The van der Waals surface area contributed by atoms with Crippen molar-refractivity contribution in [2.45, 2.75) is 0 Å². The Morgan fingerprint density at radius 1 is 1.08 bits per heavy atom. The second-order valence-electron chi connectivity index (χ2n) is 4.52. The molecule has 0 aliphatic heterocycles. The summed E-state index contributed by atoms with van der Waals surface area (Å²) in [5.74, 6) is -2.84. The van der Waals surface area contributed by atoms with Crippen molar-refractivity contribution in [1.29, 1.82) is 0 Å². The van der Waals surface area contributed by atoms with Gasteiger partial charge in [0, 0.05) is 11.2 Å². The maximum Gasteiger partial charge on any atom is 0.272 e. The van der Waals surface area contributed by atoms with Crippen LogP contribution in [-0.4, -0.2) is 29.3 Å². The van der Waals surface area contributed by atoms with Gasteiger partial charge in [-0.05, 0) is 24.3 Å². The molecule has 1 aromatic heterocycles. The minimum atomic E-state index is -0.815. The van der Waals surface area contributed by atoms with Gasteiger partial charge in [-0.15, -0.1) is 0 Å². The molecule has 0 aliphatic rings. The molecule has 0 saturated carbocycles. The number of hydrazine groups is 1. The standard InChI is InChI=1S/C15H12ClFN4O3/c16-9-5-6-18-12(7-9)15(24)19-8-13(22)20-21-14(23)10-3-1-2-4-11(10)17/h1-7H,8H2,(H,19,24)(H,20,22)(H,21,23). The van der Waals surface area contributed by atoms with Crippen LogP contribution >= 0.6 is 11.6 Å². The fourth-order valence-corrected chi connectivity index (χ4v) is 1.82. The van der Waals surface area contributed by atoms with Crippen LogP contribution in [0.1, 0.15) is 20.8 Å². The quantitative estimate of drug-likeness (QED) is 0.718. The molecule has 0 aliphatic carbocycles. The molecule has 124 valence electrons. The summed E-state index contributed by atoms with van der Waals surface area (Å²) in [5, 5.41) is 2.63. The summed E-state index contributed by atoms with van der Waals surface area (Å²) in [6.07, 6.45) is 1.35. The van der Waals surface area contributed by atoms with Gasteiger partial charge in [0.2, 0.25) is 0 Å². The molecule has 0 atom stereocenters. The van der Waals surface area contributed by atoms with Crippen LogP contribution in [0.4, 0.5) is 4.39 Å². The average molecular weight is 351 g/mol. The largest absolute Gasteiger partial charge is 0.342 e. The summed E-state index contributed by atoms with van der Waals surface area (Å²) < 4.78 is 13.4. The second kappa shape index (κ2) is 8.02. The number of carbonyl (C=O) groups excluding carboxylic acids is 3. The van der Waals surface area contributed by atoms with Crippen LogP contribution in [0, 0.1) is 5.82 Å². The highest BCUT2D eigenvalue weighted by Gasteiger charge is 2.13. The number of benzene rings is 1. The molecule has 0 saturated heterocycles. The van der Waals surface area contributed by atoms with Crippen molar-refractivity contribution in [2.75, 3.05) is 6.54 Å². The van der Waals surface area contributed by atoms with E-state index in [0.717, 1.165) is 6.07 Å². The zero-order chi connectivity index (χ0) is 17.5. The van der Waals surface area contributed by atoms with Gasteiger partial charge in [-0.3, -0.25) is 30.2 Å². The number of halogens is 2. The van der Waals surface area contributed by atoms with E-state index in [1.165, 1.54) is 36.5 Å². The summed E-state index contributed by atoms with van der Waals surface area (Å²) in [7, 11) is 0. The van der Waals surface area contributed by atoms with Gasteiger partial charge in [-0.2, -0.15) is 0 Å². The molecule has 0 fully saturated rings. The number of hydrogen-bond acceptors (Lipinski definition) is 4. The Kier molecular flexibility index (Phi) is 5.80. The van der Waals surface area contributed by atoms with Crippen LogP contribution in [0.25, 0.3) is 0 Å². The first-order valence-corrected chi connectivity index (χ1v) is 7.08. The van der Waals surface area contributed by atoms with Crippen molar-refractivity contribution in [1.82, 2.24) is 21.2 Å². The fraction of sp³-hybridized carbons (Fsp3) is 0.0667. The third kappa shape index (κ3) is 4.75. The number of nitrogens with one attached hydrogen (secondary N) is 3. The van der Waals surface area contributed by atoms with E-state index in [-0.39, 0.29) is 11.3 Å². The summed E-state index contributed by atoms with van der Waals surface area (Å²) in [4.78, 5) is 38.8. The number of carbonyl (C=O) groups is 3. The Morgan fingerprint density at radius 3 is 2.54 bits per heavy atom. The number of hydrogen-bond donors (Lipinski definition) is 3.